The van der Waals surface area contributed by atoms with Crippen LogP contribution >= 0.6 is 15.9 Å². The van der Waals surface area contributed by atoms with E-state index in [-0.39, 0.29) is 17.7 Å². The van der Waals surface area contributed by atoms with E-state index < -0.39 is 0 Å². The van der Waals surface area contributed by atoms with Gasteiger partial charge in [0, 0.05) is 36.1 Å². The average Bonchev–Trinajstić information content (AvgIpc) is 2.37. The minimum Gasteiger partial charge on any atom is -0.341 e. The van der Waals surface area contributed by atoms with E-state index in [0.717, 1.165) is 15.4 Å². The first-order valence-corrected chi connectivity index (χ1v) is 7.45. The molecule has 0 aliphatic carbocycles. The van der Waals surface area contributed by atoms with E-state index in [4.69, 9.17) is 0 Å². The number of pyridine rings is 1. The monoisotopic (exact) mass is 347 g/mol. The maximum absolute atomic E-state index is 12.2. The van der Waals surface area contributed by atoms with Crippen LogP contribution in [0.5, 0.6) is 0 Å². The standard InChI is InChI=1S/C15H14BrN3O2/c1-9(20)19-7-10(8-19)15(21)18-13-4-2-3-11-12(16)5-6-17-14(11)13/h2-6,10H,7-8H2,1H3,(H,18,21). The van der Waals surface area contributed by atoms with Crippen molar-refractivity contribution in [2.45, 2.75) is 6.92 Å². The molecule has 0 atom stereocenters. The molecule has 1 aromatic carbocycles. The fraction of sp³-hybridized carbons (Fsp3) is 0.267. The Labute approximate surface area is 130 Å². The van der Waals surface area contributed by atoms with Crippen molar-refractivity contribution < 1.29 is 9.59 Å². The molecule has 0 unspecified atom stereocenters. The summed E-state index contributed by atoms with van der Waals surface area (Å²) in [6, 6.07) is 7.53. The van der Waals surface area contributed by atoms with Crippen molar-refractivity contribution in [1.82, 2.24) is 9.88 Å². The second-order valence-electron chi connectivity index (χ2n) is 5.10. The highest BCUT2D eigenvalue weighted by Gasteiger charge is 2.34. The molecule has 1 fully saturated rings. The van der Waals surface area contributed by atoms with Crippen molar-refractivity contribution >= 4 is 44.3 Å². The van der Waals surface area contributed by atoms with Crippen molar-refractivity contribution in [1.29, 1.82) is 0 Å². The lowest BCUT2D eigenvalue weighted by Crippen LogP contribution is -2.53. The molecule has 2 amide bonds. The van der Waals surface area contributed by atoms with Crippen molar-refractivity contribution in [2.24, 2.45) is 5.92 Å². The highest BCUT2D eigenvalue weighted by atomic mass is 79.9. The number of hydrogen-bond acceptors (Lipinski definition) is 3. The van der Waals surface area contributed by atoms with Crippen LogP contribution in [0, 0.1) is 5.92 Å². The molecule has 0 spiro atoms. The zero-order valence-corrected chi connectivity index (χ0v) is 13.1. The maximum Gasteiger partial charge on any atom is 0.231 e. The van der Waals surface area contributed by atoms with Crippen molar-refractivity contribution in [3.05, 3.63) is 34.9 Å². The molecule has 6 heteroatoms. The van der Waals surface area contributed by atoms with Crippen LogP contribution in [0.25, 0.3) is 10.9 Å². The van der Waals surface area contributed by atoms with Gasteiger partial charge in [-0.3, -0.25) is 14.6 Å². The Morgan fingerprint density at radius 2 is 2.10 bits per heavy atom. The number of halogens is 1. The number of anilines is 1. The van der Waals surface area contributed by atoms with E-state index in [2.05, 4.69) is 26.2 Å². The van der Waals surface area contributed by atoms with E-state index in [0.29, 0.717) is 18.8 Å². The Balaban J connectivity index is 1.78. The second-order valence-corrected chi connectivity index (χ2v) is 5.96. The van der Waals surface area contributed by atoms with Gasteiger partial charge in [0.2, 0.25) is 11.8 Å². The third-order valence-corrected chi connectivity index (χ3v) is 4.36. The van der Waals surface area contributed by atoms with Crippen LogP contribution in [-0.2, 0) is 9.59 Å². The summed E-state index contributed by atoms with van der Waals surface area (Å²) in [5, 5.41) is 3.87. The predicted octanol–water partition coefficient (Wildman–Crippen LogP) is 2.41. The predicted molar refractivity (Wildman–Crippen MR) is 83.8 cm³/mol. The number of nitrogens with zero attached hydrogens (tertiary/aromatic N) is 2. The summed E-state index contributed by atoms with van der Waals surface area (Å²) in [6.45, 7) is 2.49. The van der Waals surface area contributed by atoms with Crippen LogP contribution in [0.3, 0.4) is 0 Å². The number of nitrogens with one attached hydrogen (secondary N) is 1. The smallest absolute Gasteiger partial charge is 0.231 e. The van der Waals surface area contributed by atoms with E-state index in [1.807, 2.05) is 24.3 Å². The number of para-hydroxylation sites is 1. The Hall–Kier alpha value is -1.95. The SMILES string of the molecule is CC(=O)N1CC(C(=O)Nc2cccc3c(Br)ccnc23)C1. The Morgan fingerprint density at radius 1 is 1.33 bits per heavy atom. The summed E-state index contributed by atoms with van der Waals surface area (Å²) in [7, 11) is 0. The first-order valence-electron chi connectivity index (χ1n) is 6.66. The highest BCUT2D eigenvalue weighted by molar-refractivity contribution is 9.10. The van der Waals surface area contributed by atoms with Gasteiger partial charge in [-0.2, -0.15) is 0 Å². The van der Waals surface area contributed by atoms with Crippen LogP contribution in [0.4, 0.5) is 5.69 Å². The number of carbonyl (C=O) groups is 2. The van der Waals surface area contributed by atoms with Crippen LogP contribution in [0.15, 0.2) is 34.9 Å². The summed E-state index contributed by atoms with van der Waals surface area (Å²) >= 11 is 3.48. The molecule has 0 radical (unpaired) electrons. The van der Waals surface area contributed by atoms with Gasteiger partial charge >= 0.3 is 0 Å². The second kappa shape index (κ2) is 5.44. The Bertz CT molecular complexity index is 726. The maximum atomic E-state index is 12.2. The molecular weight excluding hydrogens is 334 g/mol. The lowest BCUT2D eigenvalue weighted by molar-refractivity contribution is -0.139. The van der Waals surface area contributed by atoms with Crippen LogP contribution in [-0.4, -0.2) is 34.8 Å². The molecule has 1 aliphatic heterocycles. The fourth-order valence-electron chi connectivity index (χ4n) is 2.38. The molecular formula is C15H14BrN3O2. The number of benzene rings is 1. The lowest BCUT2D eigenvalue weighted by Gasteiger charge is -2.37. The van der Waals surface area contributed by atoms with E-state index in [9.17, 15) is 9.59 Å². The third-order valence-electron chi connectivity index (χ3n) is 3.67. The summed E-state index contributed by atoms with van der Waals surface area (Å²) < 4.78 is 0.940. The third kappa shape index (κ3) is 2.63. The highest BCUT2D eigenvalue weighted by Crippen LogP contribution is 2.28. The van der Waals surface area contributed by atoms with Gasteiger partial charge in [-0.15, -0.1) is 0 Å². The van der Waals surface area contributed by atoms with Gasteiger partial charge < -0.3 is 10.2 Å². The van der Waals surface area contributed by atoms with Crippen molar-refractivity contribution in [3.63, 3.8) is 0 Å². The normalized spacial score (nSPS) is 14.9. The molecule has 1 saturated heterocycles. The van der Waals surface area contributed by atoms with Gasteiger partial charge in [0.1, 0.15) is 0 Å². The zero-order chi connectivity index (χ0) is 15.0. The van der Waals surface area contributed by atoms with Crippen molar-refractivity contribution in [3.8, 4) is 0 Å². The average molecular weight is 348 g/mol. The topological polar surface area (TPSA) is 62.3 Å². The quantitative estimate of drug-likeness (QED) is 0.907. The number of fused-ring (bicyclic) bond motifs is 1. The first kappa shape index (κ1) is 14.0. The molecule has 1 aromatic heterocycles. The molecule has 1 N–H and O–H groups in total. The van der Waals surface area contributed by atoms with Gasteiger partial charge in [0.25, 0.3) is 0 Å². The molecule has 21 heavy (non-hydrogen) atoms. The lowest BCUT2D eigenvalue weighted by atomic mass is 9.99. The largest absolute Gasteiger partial charge is 0.341 e. The Kier molecular flexibility index (Phi) is 3.63. The molecule has 0 saturated carbocycles. The molecule has 108 valence electrons. The molecule has 2 aromatic rings. The number of hydrogen-bond donors (Lipinski definition) is 1. The van der Waals surface area contributed by atoms with Crippen molar-refractivity contribution in [2.75, 3.05) is 18.4 Å². The molecule has 5 nitrogen and oxygen atoms in total. The van der Waals surface area contributed by atoms with Gasteiger partial charge in [-0.25, -0.2) is 0 Å². The number of amides is 2. The van der Waals surface area contributed by atoms with E-state index in [1.54, 1.807) is 11.1 Å². The van der Waals surface area contributed by atoms with Gasteiger partial charge in [-0.05, 0) is 12.1 Å². The van der Waals surface area contributed by atoms with Crippen LogP contribution in [0.1, 0.15) is 6.92 Å². The minimum absolute atomic E-state index is 0.00908. The minimum atomic E-state index is -0.142. The summed E-state index contributed by atoms with van der Waals surface area (Å²) in [4.78, 5) is 29.3. The van der Waals surface area contributed by atoms with Gasteiger partial charge in [0.15, 0.2) is 0 Å². The van der Waals surface area contributed by atoms with E-state index in [1.165, 1.54) is 6.92 Å². The zero-order valence-electron chi connectivity index (χ0n) is 11.5. The van der Waals surface area contributed by atoms with Gasteiger partial charge in [-0.1, -0.05) is 28.1 Å². The van der Waals surface area contributed by atoms with E-state index >= 15 is 0 Å². The summed E-state index contributed by atoms with van der Waals surface area (Å²) in [5.41, 5.74) is 1.45. The molecule has 1 aliphatic rings. The van der Waals surface area contributed by atoms with Gasteiger partial charge in [0.05, 0.1) is 17.1 Å². The first-order chi connectivity index (χ1) is 10.1. The molecule has 2 heterocycles. The Morgan fingerprint density at radius 3 is 2.81 bits per heavy atom. The van der Waals surface area contributed by atoms with Crippen LogP contribution < -0.4 is 5.32 Å². The number of aromatic nitrogens is 1. The molecule has 0 bridgehead atoms. The number of likely N-dealkylation sites (tertiary alicyclic amines) is 1. The fourth-order valence-corrected chi connectivity index (χ4v) is 2.82. The number of rotatable bonds is 2. The van der Waals surface area contributed by atoms with Crippen LogP contribution in [0.2, 0.25) is 0 Å². The summed E-state index contributed by atoms with van der Waals surface area (Å²) in [5.74, 6) is -0.201. The summed E-state index contributed by atoms with van der Waals surface area (Å²) in [6.07, 6.45) is 1.70. The number of carbonyl (C=O) groups excluding carboxylic acids is 2. The molecule has 3 rings (SSSR count).